The average molecular weight is 492 g/mol. The number of aliphatic hydroxyl groups excluding tert-OH is 1. The van der Waals surface area contributed by atoms with Crippen LogP contribution in [0.4, 0.5) is 10.3 Å². The van der Waals surface area contributed by atoms with Crippen LogP contribution >= 0.6 is 0 Å². The summed E-state index contributed by atoms with van der Waals surface area (Å²) < 4.78 is 21.6. The molecule has 0 bridgehead atoms. The molecule has 1 fully saturated rings. The fraction of sp³-hybridized carbons (Fsp3) is 0.370. The number of ether oxygens (including phenoxy) is 1. The van der Waals surface area contributed by atoms with E-state index >= 15 is 0 Å². The molecule has 3 aromatic rings. The maximum absolute atomic E-state index is 14.6. The second-order valence-electron chi connectivity index (χ2n) is 9.08. The van der Waals surface area contributed by atoms with Crippen LogP contribution in [0.3, 0.4) is 0 Å². The van der Waals surface area contributed by atoms with E-state index in [4.69, 9.17) is 20.1 Å². The van der Waals surface area contributed by atoms with Crippen LogP contribution in [0.5, 0.6) is 5.75 Å². The van der Waals surface area contributed by atoms with Gasteiger partial charge in [0.05, 0.1) is 23.4 Å². The van der Waals surface area contributed by atoms with Crippen molar-refractivity contribution in [3.05, 3.63) is 64.2 Å². The van der Waals surface area contributed by atoms with Gasteiger partial charge in [-0.1, -0.05) is 18.2 Å². The van der Waals surface area contributed by atoms with Crippen molar-refractivity contribution in [3.63, 3.8) is 0 Å². The van der Waals surface area contributed by atoms with E-state index in [0.717, 1.165) is 25.9 Å². The van der Waals surface area contributed by atoms with Gasteiger partial charge in [0.15, 0.2) is 0 Å². The molecule has 0 saturated carbocycles. The first-order valence-corrected chi connectivity index (χ1v) is 11.9. The molecule has 0 unspecified atom stereocenters. The Morgan fingerprint density at radius 2 is 1.83 bits per heavy atom. The van der Waals surface area contributed by atoms with Gasteiger partial charge in [-0.05, 0) is 56.8 Å². The minimum atomic E-state index is -0.662. The highest BCUT2D eigenvalue weighted by atomic mass is 19.1. The van der Waals surface area contributed by atoms with Gasteiger partial charge in [-0.15, -0.1) is 0 Å². The van der Waals surface area contributed by atoms with Crippen LogP contribution in [0.1, 0.15) is 18.4 Å². The molecule has 36 heavy (non-hydrogen) atoms. The van der Waals surface area contributed by atoms with Gasteiger partial charge in [-0.25, -0.2) is 9.37 Å². The van der Waals surface area contributed by atoms with Gasteiger partial charge in [0.25, 0.3) is 5.56 Å². The summed E-state index contributed by atoms with van der Waals surface area (Å²) >= 11 is 0. The zero-order valence-electron chi connectivity index (χ0n) is 20.7. The number of aromatic nitrogens is 2. The topological polar surface area (TPSA) is 94.6 Å². The number of aliphatic hydroxyl groups is 1. The van der Waals surface area contributed by atoms with Crippen molar-refractivity contribution in [2.45, 2.75) is 18.9 Å². The first-order chi connectivity index (χ1) is 17.3. The van der Waals surface area contributed by atoms with Crippen molar-refractivity contribution in [3.8, 4) is 34.2 Å². The number of halogens is 1. The molecule has 9 heteroatoms. The molecule has 0 aliphatic carbocycles. The molecule has 0 spiro atoms. The average Bonchev–Trinajstić information content (AvgIpc) is 2.89. The molecule has 1 saturated heterocycles. The minimum Gasteiger partial charge on any atom is -0.491 e. The standard InChI is InChI=1S/C27H30FN5O3/c1-31(2)21-10-12-33(13-11-21)27-30-25(19-4-5-20(17-29)23(28)16-19)24(26(35)32(27)3)18-6-8-22(9-7-18)36-15-14-34/h4-9,16,21,34H,10-15H2,1-3H3. The maximum Gasteiger partial charge on any atom is 0.263 e. The molecule has 1 N–H and O–H groups in total. The molecule has 4 rings (SSSR count). The predicted molar refractivity (Wildman–Crippen MR) is 137 cm³/mol. The Balaban J connectivity index is 1.83. The Bertz CT molecular complexity index is 1320. The Labute approximate surface area is 209 Å². The molecule has 0 atom stereocenters. The largest absolute Gasteiger partial charge is 0.491 e. The van der Waals surface area contributed by atoms with E-state index in [2.05, 4.69) is 23.9 Å². The van der Waals surface area contributed by atoms with Gasteiger partial charge in [0, 0.05) is 31.7 Å². The smallest absolute Gasteiger partial charge is 0.263 e. The predicted octanol–water partition coefficient (Wildman–Crippen LogP) is 3.03. The molecule has 1 aliphatic rings. The Hall–Kier alpha value is -3.74. The van der Waals surface area contributed by atoms with E-state index in [-0.39, 0.29) is 24.3 Å². The quantitative estimate of drug-likeness (QED) is 0.543. The van der Waals surface area contributed by atoms with Crippen molar-refractivity contribution in [1.82, 2.24) is 14.5 Å². The fourth-order valence-electron chi connectivity index (χ4n) is 4.56. The third kappa shape index (κ3) is 5.10. The second kappa shape index (κ2) is 10.9. The van der Waals surface area contributed by atoms with Gasteiger partial charge in [0.2, 0.25) is 5.95 Å². The van der Waals surface area contributed by atoms with Crippen molar-refractivity contribution < 1.29 is 14.2 Å². The molecule has 1 aromatic heterocycles. The molecule has 188 valence electrons. The highest BCUT2D eigenvalue weighted by Gasteiger charge is 2.26. The maximum atomic E-state index is 14.6. The highest BCUT2D eigenvalue weighted by molar-refractivity contribution is 5.81. The summed E-state index contributed by atoms with van der Waals surface area (Å²) in [6.07, 6.45) is 1.89. The molecule has 2 heterocycles. The molecular formula is C27H30FN5O3. The van der Waals surface area contributed by atoms with Crippen molar-refractivity contribution >= 4 is 5.95 Å². The van der Waals surface area contributed by atoms with Crippen LogP contribution in [0, 0.1) is 17.1 Å². The van der Waals surface area contributed by atoms with Crippen LogP contribution in [0.2, 0.25) is 0 Å². The SMILES string of the molecule is CN(C)C1CCN(c2nc(-c3ccc(C#N)c(F)c3)c(-c3ccc(OCCO)cc3)c(=O)n2C)CC1. The minimum absolute atomic E-state index is 0.0690. The molecule has 0 amide bonds. The molecule has 0 radical (unpaired) electrons. The Morgan fingerprint density at radius 1 is 1.17 bits per heavy atom. The molecule has 2 aromatic carbocycles. The van der Waals surface area contributed by atoms with E-state index in [9.17, 15) is 9.18 Å². The van der Waals surface area contributed by atoms with Gasteiger partial charge < -0.3 is 19.6 Å². The van der Waals surface area contributed by atoms with E-state index in [1.807, 2.05) is 6.07 Å². The third-order valence-electron chi connectivity index (χ3n) is 6.61. The van der Waals surface area contributed by atoms with Gasteiger partial charge in [-0.2, -0.15) is 5.26 Å². The fourth-order valence-corrected chi connectivity index (χ4v) is 4.56. The summed E-state index contributed by atoms with van der Waals surface area (Å²) in [7, 11) is 5.84. The Kier molecular flexibility index (Phi) is 7.67. The Morgan fingerprint density at radius 3 is 2.42 bits per heavy atom. The van der Waals surface area contributed by atoms with Crippen molar-refractivity contribution in [2.24, 2.45) is 7.05 Å². The van der Waals surface area contributed by atoms with Crippen molar-refractivity contribution in [1.29, 1.82) is 5.26 Å². The number of anilines is 1. The van der Waals surface area contributed by atoms with Crippen LogP contribution in [-0.2, 0) is 7.05 Å². The second-order valence-corrected chi connectivity index (χ2v) is 9.08. The zero-order valence-corrected chi connectivity index (χ0v) is 20.7. The molecule has 8 nitrogen and oxygen atoms in total. The zero-order chi connectivity index (χ0) is 25.8. The lowest BCUT2D eigenvalue weighted by molar-refractivity contribution is 0.201. The van der Waals surface area contributed by atoms with Crippen LogP contribution in [0.15, 0.2) is 47.3 Å². The number of rotatable bonds is 7. The lowest BCUT2D eigenvalue weighted by atomic mass is 9.99. The van der Waals surface area contributed by atoms with Gasteiger partial charge in [-0.3, -0.25) is 9.36 Å². The first-order valence-electron chi connectivity index (χ1n) is 11.9. The number of hydrogen-bond acceptors (Lipinski definition) is 7. The number of nitrogens with zero attached hydrogens (tertiary/aromatic N) is 5. The van der Waals surface area contributed by atoms with E-state index in [1.165, 1.54) is 12.1 Å². The van der Waals surface area contributed by atoms with Crippen molar-refractivity contribution in [2.75, 3.05) is 45.3 Å². The number of nitriles is 1. The summed E-state index contributed by atoms with van der Waals surface area (Å²) in [6, 6.07) is 13.5. The van der Waals surface area contributed by atoms with Crippen LogP contribution < -0.4 is 15.2 Å². The summed E-state index contributed by atoms with van der Waals surface area (Å²) in [5.74, 6) is 0.428. The normalized spacial score (nSPS) is 14.2. The van der Waals surface area contributed by atoms with E-state index in [1.54, 1.807) is 41.9 Å². The lowest BCUT2D eigenvalue weighted by Gasteiger charge is -2.36. The van der Waals surface area contributed by atoms with E-state index in [0.29, 0.717) is 40.1 Å². The first kappa shape index (κ1) is 25.4. The van der Waals surface area contributed by atoms with Crippen LogP contribution in [0.25, 0.3) is 22.4 Å². The summed E-state index contributed by atoms with van der Waals surface area (Å²) in [6.45, 7) is 1.56. The summed E-state index contributed by atoms with van der Waals surface area (Å²) in [5.41, 5.74) is 1.40. The third-order valence-corrected chi connectivity index (χ3v) is 6.61. The molecular weight excluding hydrogens is 461 g/mol. The monoisotopic (exact) mass is 491 g/mol. The number of benzene rings is 2. The lowest BCUT2D eigenvalue weighted by Crippen LogP contribution is -2.44. The highest BCUT2D eigenvalue weighted by Crippen LogP contribution is 2.32. The van der Waals surface area contributed by atoms with E-state index < -0.39 is 5.82 Å². The van der Waals surface area contributed by atoms with Gasteiger partial charge >= 0.3 is 0 Å². The molecule has 1 aliphatic heterocycles. The summed E-state index contributed by atoms with van der Waals surface area (Å²) in [4.78, 5) is 23.0. The van der Waals surface area contributed by atoms with Gasteiger partial charge in [0.1, 0.15) is 24.2 Å². The number of piperidine rings is 1. The number of hydrogen-bond donors (Lipinski definition) is 1. The summed E-state index contributed by atoms with van der Waals surface area (Å²) in [5, 5.41) is 18.1. The van der Waals surface area contributed by atoms with Crippen LogP contribution in [-0.4, -0.2) is 66.0 Å².